The van der Waals surface area contributed by atoms with Gasteiger partial charge in [-0.3, -0.25) is 0 Å². The summed E-state index contributed by atoms with van der Waals surface area (Å²) in [5, 5.41) is 2.31. The Morgan fingerprint density at radius 2 is 1.23 bits per heavy atom. The van der Waals surface area contributed by atoms with Crippen LogP contribution < -0.4 is 4.72 Å². The van der Waals surface area contributed by atoms with Crippen molar-refractivity contribution < 1.29 is 9.53 Å². The Morgan fingerprint density at radius 3 is 1.69 bits per heavy atom. The van der Waals surface area contributed by atoms with E-state index in [0.717, 1.165) is 32.8 Å². The van der Waals surface area contributed by atoms with Gasteiger partial charge in [-0.15, -0.1) is 0 Å². The van der Waals surface area contributed by atoms with E-state index in [9.17, 15) is 4.79 Å². The molecule has 4 rings (SSSR count). The van der Waals surface area contributed by atoms with E-state index in [1.54, 1.807) is 13.0 Å². The van der Waals surface area contributed by atoms with Crippen LogP contribution in [0.3, 0.4) is 0 Å². The number of hydrogen-bond donors (Lipinski definition) is 1. The van der Waals surface area contributed by atoms with Crippen molar-refractivity contribution in [3.8, 4) is 22.3 Å². The molecule has 0 amide bonds. The highest BCUT2D eigenvalue weighted by Gasteiger charge is 2.19. The van der Waals surface area contributed by atoms with Crippen molar-refractivity contribution in [3.63, 3.8) is 0 Å². The Hall–Kier alpha value is -2.34. The molecule has 0 bridgehead atoms. The smallest absolute Gasteiger partial charge is 0.338 e. The molecule has 0 radical (unpaired) electrons. The van der Waals surface area contributed by atoms with Crippen LogP contribution in [0.4, 0.5) is 5.69 Å². The summed E-state index contributed by atoms with van der Waals surface area (Å²) >= 11 is 26.0. The predicted molar refractivity (Wildman–Crippen MR) is 149 cm³/mol. The number of nitrogens with one attached hydrogen (secondary N) is 1. The first-order valence-electron chi connectivity index (χ1n) is 10.6. The standard InChI is InChI=1S/C27H19Cl4NO2S/c1-2-34-27(33)18-11-24(16-3-7-19(28)8-4-16)26(25(12-18)17-5-9-20(29)10-6-17)32-35-23-14-21(30)13-22(31)15-23/h3-15,32H,2H2,1H3. The Labute approximate surface area is 228 Å². The van der Waals surface area contributed by atoms with Crippen LogP contribution in [0.15, 0.2) is 83.8 Å². The van der Waals surface area contributed by atoms with Crippen molar-refractivity contribution in [2.24, 2.45) is 0 Å². The largest absolute Gasteiger partial charge is 0.462 e. The number of rotatable bonds is 7. The van der Waals surface area contributed by atoms with E-state index in [4.69, 9.17) is 51.1 Å². The minimum atomic E-state index is -0.404. The number of ether oxygens (including phenoxy) is 1. The SMILES string of the molecule is CCOC(=O)c1cc(-c2ccc(Cl)cc2)c(NSc2cc(Cl)cc(Cl)c2)c(-c2ccc(Cl)cc2)c1. The van der Waals surface area contributed by atoms with Gasteiger partial charge < -0.3 is 9.46 Å². The van der Waals surface area contributed by atoms with Gasteiger partial charge in [-0.1, -0.05) is 70.7 Å². The van der Waals surface area contributed by atoms with Gasteiger partial charge in [0.05, 0.1) is 17.9 Å². The van der Waals surface area contributed by atoms with Gasteiger partial charge in [0, 0.05) is 36.1 Å². The van der Waals surface area contributed by atoms with Crippen molar-refractivity contribution in [1.29, 1.82) is 0 Å². The number of esters is 1. The van der Waals surface area contributed by atoms with E-state index < -0.39 is 5.97 Å². The molecule has 8 heteroatoms. The molecule has 35 heavy (non-hydrogen) atoms. The number of anilines is 1. The minimum absolute atomic E-state index is 0.275. The molecule has 0 spiro atoms. The molecular weight excluding hydrogens is 544 g/mol. The quantitative estimate of drug-likeness (QED) is 0.179. The molecule has 3 nitrogen and oxygen atoms in total. The average Bonchev–Trinajstić information content (AvgIpc) is 2.83. The zero-order chi connectivity index (χ0) is 24.9. The van der Waals surface area contributed by atoms with Crippen LogP contribution in [0.1, 0.15) is 17.3 Å². The van der Waals surface area contributed by atoms with Crippen LogP contribution in [0, 0.1) is 0 Å². The van der Waals surface area contributed by atoms with Gasteiger partial charge in [0.25, 0.3) is 0 Å². The van der Waals surface area contributed by atoms with Crippen molar-refractivity contribution >= 4 is 70.0 Å². The first-order chi connectivity index (χ1) is 16.8. The lowest BCUT2D eigenvalue weighted by Gasteiger charge is -2.19. The first-order valence-corrected chi connectivity index (χ1v) is 12.9. The van der Waals surface area contributed by atoms with E-state index in [1.807, 2.05) is 72.8 Å². The topological polar surface area (TPSA) is 38.3 Å². The van der Waals surface area contributed by atoms with Crippen molar-refractivity contribution in [2.75, 3.05) is 11.3 Å². The molecule has 0 saturated carbocycles. The Morgan fingerprint density at radius 1 is 0.743 bits per heavy atom. The fourth-order valence-electron chi connectivity index (χ4n) is 3.50. The predicted octanol–water partition coefficient (Wildman–Crippen LogP) is 9.93. The molecule has 4 aromatic rings. The van der Waals surface area contributed by atoms with Crippen molar-refractivity contribution in [2.45, 2.75) is 11.8 Å². The summed E-state index contributed by atoms with van der Waals surface area (Å²) in [6.07, 6.45) is 0. The molecule has 0 heterocycles. The zero-order valence-corrected chi connectivity index (χ0v) is 22.3. The highest BCUT2D eigenvalue weighted by atomic mass is 35.5. The van der Waals surface area contributed by atoms with Crippen LogP contribution in [-0.4, -0.2) is 12.6 Å². The Kier molecular flexibility index (Phi) is 8.53. The lowest BCUT2D eigenvalue weighted by Crippen LogP contribution is -2.06. The number of benzene rings is 4. The lowest BCUT2D eigenvalue weighted by atomic mass is 9.93. The van der Waals surface area contributed by atoms with Crippen LogP contribution >= 0.6 is 58.4 Å². The highest BCUT2D eigenvalue weighted by Crippen LogP contribution is 2.42. The summed E-state index contributed by atoms with van der Waals surface area (Å²) in [6.45, 7) is 2.05. The minimum Gasteiger partial charge on any atom is -0.462 e. The normalized spacial score (nSPS) is 10.8. The van der Waals surface area contributed by atoms with Crippen LogP contribution in [0.25, 0.3) is 22.3 Å². The van der Waals surface area contributed by atoms with E-state index in [2.05, 4.69) is 4.72 Å². The molecule has 0 aliphatic heterocycles. The van der Waals surface area contributed by atoms with Crippen molar-refractivity contribution in [3.05, 3.63) is 105 Å². The monoisotopic (exact) mass is 561 g/mol. The molecule has 0 atom stereocenters. The van der Waals surface area contributed by atoms with Gasteiger partial charge in [-0.2, -0.15) is 0 Å². The molecule has 178 valence electrons. The van der Waals surface area contributed by atoms with Crippen LogP contribution in [0.2, 0.25) is 20.1 Å². The van der Waals surface area contributed by atoms with Gasteiger partial charge >= 0.3 is 5.97 Å². The van der Waals surface area contributed by atoms with Gasteiger partial charge in [0.15, 0.2) is 0 Å². The molecule has 0 fully saturated rings. The third-order valence-corrected chi connectivity index (χ3v) is 6.78. The van der Waals surface area contributed by atoms with E-state index in [1.165, 1.54) is 11.9 Å². The molecule has 4 aromatic carbocycles. The summed E-state index contributed by atoms with van der Waals surface area (Å²) in [7, 11) is 0. The van der Waals surface area contributed by atoms with Gasteiger partial charge in [-0.25, -0.2) is 4.79 Å². The lowest BCUT2D eigenvalue weighted by molar-refractivity contribution is 0.0526. The second kappa shape index (κ2) is 11.6. The third-order valence-electron chi connectivity index (χ3n) is 5.07. The van der Waals surface area contributed by atoms with Crippen LogP contribution in [-0.2, 0) is 4.74 Å². The second-order valence-electron chi connectivity index (χ2n) is 7.49. The van der Waals surface area contributed by atoms with Gasteiger partial charge in [0.1, 0.15) is 0 Å². The first kappa shape index (κ1) is 25.7. The maximum absolute atomic E-state index is 12.8. The number of carbonyl (C=O) groups excluding carboxylic acids is 1. The van der Waals surface area contributed by atoms with Crippen LogP contribution in [0.5, 0.6) is 0 Å². The fraction of sp³-hybridized carbons (Fsp3) is 0.0741. The molecule has 0 saturated heterocycles. The van der Waals surface area contributed by atoms with E-state index in [-0.39, 0.29) is 6.61 Å². The fourth-order valence-corrected chi connectivity index (χ4v) is 5.21. The molecule has 0 aromatic heterocycles. The highest BCUT2D eigenvalue weighted by molar-refractivity contribution is 8.00. The number of halogens is 4. The maximum atomic E-state index is 12.8. The molecule has 0 aliphatic carbocycles. The maximum Gasteiger partial charge on any atom is 0.338 e. The van der Waals surface area contributed by atoms with Crippen molar-refractivity contribution in [1.82, 2.24) is 0 Å². The second-order valence-corrected chi connectivity index (χ2v) is 10.1. The molecular formula is C27H19Cl4NO2S. The number of hydrogen-bond acceptors (Lipinski definition) is 4. The average molecular weight is 563 g/mol. The van der Waals surface area contributed by atoms with Gasteiger partial charge in [0.2, 0.25) is 0 Å². The molecule has 0 unspecified atom stereocenters. The van der Waals surface area contributed by atoms with E-state index >= 15 is 0 Å². The Balaban J connectivity index is 1.90. The zero-order valence-electron chi connectivity index (χ0n) is 18.4. The number of carbonyl (C=O) groups is 1. The molecule has 1 N–H and O–H groups in total. The molecule has 0 aliphatic rings. The van der Waals surface area contributed by atoms with Gasteiger partial charge in [-0.05, 0) is 84.6 Å². The summed E-state index contributed by atoms with van der Waals surface area (Å²) in [4.78, 5) is 13.6. The Bertz CT molecular complexity index is 1270. The summed E-state index contributed by atoms with van der Waals surface area (Å²) in [5.41, 5.74) is 4.59. The summed E-state index contributed by atoms with van der Waals surface area (Å²) in [5.74, 6) is -0.404. The van der Waals surface area contributed by atoms with E-state index in [0.29, 0.717) is 25.7 Å². The summed E-state index contributed by atoms with van der Waals surface area (Å²) < 4.78 is 8.77. The summed E-state index contributed by atoms with van der Waals surface area (Å²) in [6, 6.07) is 23.8. The third kappa shape index (κ3) is 6.46.